The highest BCUT2D eigenvalue weighted by atomic mass is 35.5. The SMILES string of the molecule is CC(C)(CCl)CNC(=O)c1cc(C(F)(F)F)ccc1F. The quantitative estimate of drug-likeness (QED) is 0.664. The Kier molecular flexibility index (Phi) is 5.02. The van der Waals surface area contributed by atoms with Crippen LogP contribution in [0.25, 0.3) is 0 Å². The molecule has 20 heavy (non-hydrogen) atoms. The Morgan fingerprint density at radius 1 is 1.30 bits per heavy atom. The summed E-state index contributed by atoms with van der Waals surface area (Å²) in [4.78, 5) is 11.7. The maximum Gasteiger partial charge on any atom is 0.416 e. The molecule has 112 valence electrons. The number of hydrogen-bond acceptors (Lipinski definition) is 1. The van der Waals surface area contributed by atoms with Crippen LogP contribution in [0.1, 0.15) is 29.8 Å². The van der Waals surface area contributed by atoms with Crippen LogP contribution in [-0.2, 0) is 6.18 Å². The van der Waals surface area contributed by atoms with Crippen molar-refractivity contribution in [3.05, 3.63) is 35.1 Å². The van der Waals surface area contributed by atoms with E-state index in [4.69, 9.17) is 11.6 Å². The van der Waals surface area contributed by atoms with E-state index >= 15 is 0 Å². The normalized spacial score (nSPS) is 12.3. The van der Waals surface area contributed by atoms with Gasteiger partial charge in [-0.3, -0.25) is 4.79 Å². The molecule has 0 bridgehead atoms. The Morgan fingerprint density at radius 2 is 1.90 bits per heavy atom. The molecule has 1 aromatic rings. The van der Waals surface area contributed by atoms with Gasteiger partial charge in [-0.25, -0.2) is 4.39 Å². The standard InChI is InChI=1S/C13H14ClF4NO/c1-12(2,6-14)7-19-11(20)9-5-8(13(16,17)18)3-4-10(9)15/h3-5H,6-7H2,1-2H3,(H,19,20). The van der Waals surface area contributed by atoms with Crippen molar-refractivity contribution in [3.63, 3.8) is 0 Å². The second kappa shape index (κ2) is 5.99. The van der Waals surface area contributed by atoms with E-state index in [9.17, 15) is 22.4 Å². The molecule has 0 fully saturated rings. The van der Waals surface area contributed by atoms with Crippen LogP contribution < -0.4 is 5.32 Å². The fourth-order valence-corrected chi connectivity index (χ4v) is 1.43. The molecule has 0 atom stereocenters. The molecule has 1 amide bonds. The fourth-order valence-electron chi connectivity index (χ4n) is 1.34. The minimum Gasteiger partial charge on any atom is -0.351 e. The summed E-state index contributed by atoms with van der Waals surface area (Å²) in [6.07, 6.45) is -4.63. The van der Waals surface area contributed by atoms with Crippen LogP contribution in [0.2, 0.25) is 0 Å². The van der Waals surface area contributed by atoms with Crippen LogP contribution in [0.4, 0.5) is 17.6 Å². The largest absolute Gasteiger partial charge is 0.416 e. The molecular formula is C13H14ClF4NO. The van der Waals surface area contributed by atoms with E-state index in [1.165, 1.54) is 0 Å². The smallest absolute Gasteiger partial charge is 0.351 e. The van der Waals surface area contributed by atoms with Crippen molar-refractivity contribution >= 4 is 17.5 Å². The summed E-state index contributed by atoms with van der Waals surface area (Å²) in [5.41, 5.74) is -2.14. The molecule has 1 rings (SSSR count). The maximum atomic E-state index is 13.5. The van der Waals surface area contributed by atoms with Gasteiger partial charge >= 0.3 is 6.18 Å². The number of carbonyl (C=O) groups is 1. The zero-order valence-corrected chi connectivity index (χ0v) is 11.7. The predicted octanol–water partition coefficient (Wildman–Crippen LogP) is 3.84. The van der Waals surface area contributed by atoms with Crippen molar-refractivity contribution in [2.45, 2.75) is 20.0 Å². The van der Waals surface area contributed by atoms with Gasteiger partial charge in [0.05, 0.1) is 11.1 Å². The molecule has 1 N–H and O–H groups in total. The number of alkyl halides is 4. The van der Waals surface area contributed by atoms with Gasteiger partial charge in [0, 0.05) is 12.4 Å². The molecule has 1 aromatic carbocycles. The number of rotatable bonds is 4. The highest BCUT2D eigenvalue weighted by Crippen LogP contribution is 2.30. The number of nitrogens with one attached hydrogen (secondary N) is 1. The molecule has 0 aromatic heterocycles. The van der Waals surface area contributed by atoms with Crippen LogP contribution >= 0.6 is 11.6 Å². The van der Waals surface area contributed by atoms with Crippen LogP contribution in [0.5, 0.6) is 0 Å². The minimum atomic E-state index is -4.63. The first-order valence-electron chi connectivity index (χ1n) is 5.78. The average Bonchev–Trinajstić information content (AvgIpc) is 2.35. The molecule has 0 saturated carbocycles. The molecule has 0 aliphatic heterocycles. The lowest BCUT2D eigenvalue weighted by Crippen LogP contribution is -2.35. The van der Waals surface area contributed by atoms with E-state index in [2.05, 4.69) is 5.32 Å². The number of amides is 1. The first-order valence-corrected chi connectivity index (χ1v) is 6.31. The summed E-state index contributed by atoms with van der Waals surface area (Å²) in [6.45, 7) is 3.66. The lowest BCUT2D eigenvalue weighted by atomic mass is 9.96. The zero-order chi connectivity index (χ0) is 15.6. The van der Waals surface area contributed by atoms with Crippen molar-refractivity contribution in [1.82, 2.24) is 5.32 Å². The van der Waals surface area contributed by atoms with Gasteiger partial charge in [-0.15, -0.1) is 11.6 Å². The molecule has 0 unspecified atom stereocenters. The molecule has 0 spiro atoms. The van der Waals surface area contributed by atoms with Gasteiger partial charge in [-0.05, 0) is 23.6 Å². The lowest BCUT2D eigenvalue weighted by Gasteiger charge is -2.21. The molecule has 0 radical (unpaired) electrons. The van der Waals surface area contributed by atoms with Crippen molar-refractivity contribution in [2.75, 3.05) is 12.4 Å². The second-order valence-electron chi connectivity index (χ2n) is 5.17. The number of hydrogen-bond donors (Lipinski definition) is 1. The monoisotopic (exact) mass is 311 g/mol. The van der Waals surface area contributed by atoms with Crippen molar-refractivity contribution in [3.8, 4) is 0 Å². The molecule has 7 heteroatoms. The highest BCUT2D eigenvalue weighted by molar-refractivity contribution is 6.18. The van der Waals surface area contributed by atoms with E-state index in [0.717, 1.165) is 0 Å². The fraction of sp³-hybridized carbons (Fsp3) is 0.462. The number of halogens is 5. The van der Waals surface area contributed by atoms with Gasteiger partial charge in [-0.1, -0.05) is 13.8 Å². The van der Waals surface area contributed by atoms with E-state index in [1.54, 1.807) is 13.8 Å². The van der Waals surface area contributed by atoms with Gasteiger partial charge in [-0.2, -0.15) is 13.2 Å². The van der Waals surface area contributed by atoms with Gasteiger partial charge in [0.15, 0.2) is 0 Å². The Bertz CT molecular complexity index is 500. The van der Waals surface area contributed by atoms with Crippen LogP contribution in [0, 0.1) is 11.2 Å². The topological polar surface area (TPSA) is 29.1 Å². The summed E-state index contributed by atoms with van der Waals surface area (Å²) >= 11 is 5.66. The highest BCUT2D eigenvalue weighted by Gasteiger charge is 2.32. The predicted molar refractivity (Wildman–Crippen MR) is 68.2 cm³/mol. The number of benzene rings is 1. The second-order valence-corrected chi connectivity index (χ2v) is 5.44. The van der Waals surface area contributed by atoms with Crippen molar-refractivity contribution < 1.29 is 22.4 Å². The van der Waals surface area contributed by atoms with Crippen LogP contribution in [0.15, 0.2) is 18.2 Å². The van der Waals surface area contributed by atoms with Gasteiger partial charge < -0.3 is 5.32 Å². The van der Waals surface area contributed by atoms with Crippen LogP contribution in [-0.4, -0.2) is 18.3 Å². The van der Waals surface area contributed by atoms with Crippen LogP contribution in [0.3, 0.4) is 0 Å². The molecule has 2 nitrogen and oxygen atoms in total. The molecular weight excluding hydrogens is 298 g/mol. The number of carbonyl (C=O) groups excluding carboxylic acids is 1. The third kappa shape index (κ3) is 4.37. The third-order valence-electron chi connectivity index (χ3n) is 2.63. The average molecular weight is 312 g/mol. The van der Waals surface area contributed by atoms with E-state index < -0.39 is 34.4 Å². The summed E-state index contributed by atoms with van der Waals surface area (Å²) < 4.78 is 51.0. The minimum absolute atomic E-state index is 0.130. The first-order chi connectivity index (χ1) is 9.07. The summed E-state index contributed by atoms with van der Waals surface area (Å²) in [6, 6.07) is 1.72. The van der Waals surface area contributed by atoms with Gasteiger partial charge in [0.1, 0.15) is 5.82 Å². The van der Waals surface area contributed by atoms with Gasteiger partial charge in [0.2, 0.25) is 0 Å². The van der Waals surface area contributed by atoms with Crippen molar-refractivity contribution in [1.29, 1.82) is 0 Å². The molecule has 0 heterocycles. The Hall–Kier alpha value is -1.30. The van der Waals surface area contributed by atoms with Crippen molar-refractivity contribution in [2.24, 2.45) is 5.41 Å². The third-order valence-corrected chi connectivity index (χ3v) is 3.35. The molecule has 0 aliphatic rings. The Labute approximate surface area is 119 Å². The van der Waals surface area contributed by atoms with Gasteiger partial charge in [0.25, 0.3) is 5.91 Å². The Balaban J connectivity index is 2.93. The zero-order valence-electron chi connectivity index (χ0n) is 10.9. The Morgan fingerprint density at radius 3 is 2.40 bits per heavy atom. The van der Waals surface area contributed by atoms with E-state index in [1.807, 2.05) is 0 Å². The summed E-state index contributed by atoms with van der Waals surface area (Å²) in [7, 11) is 0. The summed E-state index contributed by atoms with van der Waals surface area (Å²) in [5.74, 6) is -1.65. The van der Waals surface area contributed by atoms with E-state index in [0.29, 0.717) is 18.2 Å². The maximum absolute atomic E-state index is 13.5. The van der Waals surface area contributed by atoms with E-state index in [-0.39, 0.29) is 12.4 Å². The summed E-state index contributed by atoms with van der Waals surface area (Å²) in [5, 5.41) is 2.38. The lowest BCUT2D eigenvalue weighted by molar-refractivity contribution is -0.137. The molecule has 0 saturated heterocycles. The first kappa shape index (κ1) is 16.8. The molecule has 0 aliphatic carbocycles.